The third kappa shape index (κ3) is 3.52. The number of halogens is 1. The Kier molecular flexibility index (Phi) is 4.22. The van der Waals surface area contributed by atoms with E-state index in [1.807, 2.05) is 12.1 Å². The molecule has 0 amide bonds. The van der Waals surface area contributed by atoms with E-state index in [9.17, 15) is 0 Å². The Morgan fingerprint density at radius 3 is 2.68 bits per heavy atom. The normalized spacial score (nSPS) is 12.3. The van der Waals surface area contributed by atoms with Crippen molar-refractivity contribution in [3.63, 3.8) is 0 Å². The highest BCUT2D eigenvalue weighted by Gasteiger charge is 2.12. The Hall–Kier alpha value is -0.990. The van der Waals surface area contributed by atoms with Crippen LogP contribution in [0.1, 0.15) is 32.0 Å². The molecule has 1 aromatic heterocycles. The van der Waals surface area contributed by atoms with E-state index in [1.165, 1.54) is 16.6 Å². The molecule has 0 radical (unpaired) electrons. The van der Waals surface area contributed by atoms with E-state index in [2.05, 4.69) is 44.1 Å². The second-order valence-electron chi connectivity index (χ2n) is 6.38. The largest absolute Gasteiger partial charge is 0.358 e. The third-order valence-corrected chi connectivity index (χ3v) is 3.61. The monoisotopic (exact) mass is 278 g/mol. The quantitative estimate of drug-likeness (QED) is 0.802. The van der Waals surface area contributed by atoms with Crippen LogP contribution in [0.4, 0.5) is 0 Å². The lowest BCUT2D eigenvalue weighted by atomic mass is 9.97. The molecule has 1 aromatic carbocycles. The summed E-state index contributed by atoms with van der Waals surface area (Å²) in [6.45, 7) is 10.9. The molecule has 0 atom stereocenters. The van der Waals surface area contributed by atoms with Gasteiger partial charge in [-0.2, -0.15) is 0 Å². The van der Waals surface area contributed by atoms with Gasteiger partial charge in [0.25, 0.3) is 0 Å². The summed E-state index contributed by atoms with van der Waals surface area (Å²) in [6.07, 6.45) is 1.01. The van der Waals surface area contributed by atoms with Crippen LogP contribution in [0.3, 0.4) is 0 Å². The molecule has 0 fully saturated rings. The second kappa shape index (κ2) is 5.56. The van der Waals surface area contributed by atoms with E-state index >= 15 is 0 Å². The molecule has 0 saturated carbocycles. The van der Waals surface area contributed by atoms with E-state index in [0.717, 1.165) is 30.0 Å². The molecule has 0 bridgehead atoms. The zero-order valence-electron chi connectivity index (χ0n) is 12.2. The molecule has 2 nitrogen and oxygen atoms in total. The average Bonchev–Trinajstić information content (AvgIpc) is 2.61. The van der Waals surface area contributed by atoms with Crippen LogP contribution in [0.5, 0.6) is 0 Å². The predicted molar refractivity (Wildman–Crippen MR) is 84.1 cm³/mol. The van der Waals surface area contributed by atoms with Gasteiger partial charge in [-0.3, -0.25) is 0 Å². The van der Waals surface area contributed by atoms with Gasteiger partial charge in [-0.05, 0) is 43.0 Å². The number of fused-ring (bicyclic) bond motifs is 1. The van der Waals surface area contributed by atoms with Gasteiger partial charge in [-0.15, -0.1) is 0 Å². The highest BCUT2D eigenvalue weighted by molar-refractivity contribution is 6.35. The lowest BCUT2D eigenvalue weighted by Crippen LogP contribution is -2.28. The Morgan fingerprint density at radius 1 is 1.26 bits per heavy atom. The molecular weight excluding hydrogens is 256 g/mol. The molecule has 0 unspecified atom stereocenters. The van der Waals surface area contributed by atoms with E-state index in [0.29, 0.717) is 5.41 Å². The van der Waals surface area contributed by atoms with Crippen molar-refractivity contribution in [2.24, 2.45) is 5.41 Å². The molecule has 2 aromatic rings. The van der Waals surface area contributed by atoms with Gasteiger partial charge in [0, 0.05) is 23.1 Å². The number of rotatable bonds is 4. The van der Waals surface area contributed by atoms with Crippen molar-refractivity contribution < 1.29 is 0 Å². The maximum atomic E-state index is 6.32. The number of H-pyrrole nitrogens is 1. The molecule has 2 N–H and O–H groups in total. The molecule has 1 heterocycles. The fourth-order valence-corrected chi connectivity index (χ4v) is 2.68. The number of hydrogen-bond donors (Lipinski definition) is 2. The molecule has 0 aliphatic rings. The van der Waals surface area contributed by atoms with Crippen molar-refractivity contribution in [3.05, 3.63) is 34.5 Å². The van der Waals surface area contributed by atoms with Gasteiger partial charge >= 0.3 is 0 Å². The van der Waals surface area contributed by atoms with Gasteiger partial charge in [0.05, 0.1) is 5.02 Å². The summed E-state index contributed by atoms with van der Waals surface area (Å²) in [5.74, 6) is 0. The first-order chi connectivity index (χ1) is 8.88. The lowest BCUT2D eigenvalue weighted by molar-refractivity contribution is 0.382. The first kappa shape index (κ1) is 14.4. The molecule has 0 aliphatic heterocycles. The zero-order valence-corrected chi connectivity index (χ0v) is 13.0. The van der Waals surface area contributed by atoms with Gasteiger partial charge in [0.2, 0.25) is 0 Å². The Labute approximate surface area is 120 Å². The van der Waals surface area contributed by atoms with Crippen molar-refractivity contribution in [1.29, 1.82) is 0 Å². The summed E-state index contributed by atoms with van der Waals surface area (Å²) >= 11 is 6.32. The van der Waals surface area contributed by atoms with Crippen molar-refractivity contribution in [2.75, 3.05) is 13.1 Å². The maximum Gasteiger partial charge on any atom is 0.0502 e. The van der Waals surface area contributed by atoms with Crippen molar-refractivity contribution in [1.82, 2.24) is 10.3 Å². The van der Waals surface area contributed by atoms with Gasteiger partial charge in [0.15, 0.2) is 0 Å². The summed E-state index contributed by atoms with van der Waals surface area (Å²) < 4.78 is 0. The van der Waals surface area contributed by atoms with E-state index < -0.39 is 0 Å². The summed E-state index contributed by atoms with van der Waals surface area (Å²) in [6, 6.07) is 6.03. The smallest absolute Gasteiger partial charge is 0.0502 e. The minimum absolute atomic E-state index is 0.326. The van der Waals surface area contributed by atoms with Gasteiger partial charge in [-0.25, -0.2) is 0 Å². The molecule has 104 valence electrons. The van der Waals surface area contributed by atoms with E-state index in [4.69, 9.17) is 11.6 Å². The number of aromatic nitrogens is 1. The van der Waals surface area contributed by atoms with E-state index in [-0.39, 0.29) is 0 Å². The fraction of sp³-hybridized carbons (Fsp3) is 0.500. The molecular formula is C16H23ClN2. The fourth-order valence-electron chi connectivity index (χ4n) is 2.39. The molecule has 3 heteroatoms. The van der Waals surface area contributed by atoms with Crippen LogP contribution in [-0.4, -0.2) is 18.1 Å². The highest BCUT2D eigenvalue weighted by Crippen LogP contribution is 2.29. The number of hydrogen-bond acceptors (Lipinski definition) is 1. The van der Waals surface area contributed by atoms with Crippen LogP contribution in [0.15, 0.2) is 18.2 Å². The van der Waals surface area contributed by atoms with Gasteiger partial charge in [0.1, 0.15) is 0 Å². The van der Waals surface area contributed by atoms with Crippen LogP contribution < -0.4 is 5.32 Å². The Bertz CT molecular complexity index is 564. The zero-order chi connectivity index (χ0) is 14.0. The van der Waals surface area contributed by atoms with Crippen LogP contribution >= 0.6 is 11.6 Å². The summed E-state index contributed by atoms with van der Waals surface area (Å²) in [5, 5.41) is 5.54. The van der Waals surface area contributed by atoms with Crippen LogP contribution in [0.25, 0.3) is 10.9 Å². The Balaban J connectivity index is 2.10. The first-order valence-electron chi connectivity index (χ1n) is 6.85. The predicted octanol–water partition coefficient (Wildman–Crippen LogP) is 4.31. The van der Waals surface area contributed by atoms with Crippen LogP contribution in [-0.2, 0) is 6.42 Å². The second-order valence-corrected chi connectivity index (χ2v) is 6.79. The molecule has 0 spiro atoms. The maximum absolute atomic E-state index is 6.32. The molecule has 0 aliphatic carbocycles. The Morgan fingerprint density at radius 2 is 2.00 bits per heavy atom. The lowest BCUT2D eigenvalue weighted by Gasteiger charge is -2.18. The van der Waals surface area contributed by atoms with Crippen LogP contribution in [0, 0.1) is 12.3 Å². The molecule has 0 saturated heterocycles. The summed E-state index contributed by atoms with van der Waals surface area (Å²) in [7, 11) is 0. The number of benzene rings is 1. The van der Waals surface area contributed by atoms with Crippen LogP contribution in [0.2, 0.25) is 5.02 Å². The van der Waals surface area contributed by atoms with Gasteiger partial charge in [-0.1, -0.05) is 38.4 Å². The molecule has 2 rings (SSSR count). The first-order valence-corrected chi connectivity index (χ1v) is 7.23. The van der Waals surface area contributed by atoms with Gasteiger partial charge < -0.3 is 10.3 Å². The minimum atomic E-state index is 0.326. The third-order valence-electron chi connectivity index (χ3n) is 3.30. The van der Waals surface area contributed by atoms with Crippen molar-refractivity contribution in [3.8, 4) is 0 Å². The SMILES string of the molecule is Cc1[nH]c2cccc(Cl)c2c1CCNCC(C)(C)C. The number of nitrogens with one attached hydrogen (secondary N) is 2. The summed E-state index contributed by atoms with van der Waals surface area (Å²) in [4.78, 5) is 3.41. The van der Waals surface area contributed by atoms with Crippen molar-refractivity contribution >= 4 is 22.5 Å². The summed E-state index contributed by atoms with van der Waals surface area (Å²) in [5.41, 5.74) is 4.02. The minimum Gasteiger partial charge on any atom is -0.358 e. The highest BCUT2D eigenvalue weighted by atomic mass is 35.5. The number of aryl methyl sites for hydroxylation is 1. The average molecular weight is 279 g/mol. The molecule has 19 heavy (non-hydrogen) atoms. The standard InChI is InChI=1S/C16H23ClN2/c1-11-12(8-9-18-10-16(2,3)4)15-13(17)6-5-7-14(15)19-11/h5-7,18-19H,8-10H2,1-4H3. The van der Waals surface area contributed by atoms with Crippen molar-refractivity contribution in [2.45, 2.75) is 34.1 Å². The van der Waals surface area contributed by atoms with E-state index in [1.54, 1.807) is 0 Å². The topological polar surface area (TPSA) is 27.8 Å². The number of aromatic amines is 1.